The zero-order chi connectivity index (χ0) is 34.4. The summed E-state index contributed by atoms with van der Waals surface area (Å²) in [5.41, 5.74) is 1.79. The summed E-state index contributed by atoms with van der Waals surface area (Å²) >= 11 is 6.64. The number of benzene rings is 1. The first kappa shape index (κ1) is 35.8. The molecule has 2 aliphatic heterocycles. The predicted octanol–water partition coefficient (Wildman–Crippen LogP) is 6.18. The number of carbonyl (C=O) groups is 3. The van der Waals surface area contributed by atoms with Gasteiger partial charge >= 0.3 is 12.1 Å². The smallest absolute Gasteiger partial charge is 0.489 e. The fourth-order valence-electron chi connectivity index (χ4n) is 5.55. The van der Waals surface area contributed by atoms with Crippen molar-refractivity contribution in [1.82, 2.24) is 20.2 Å². The van der Waals surface area contributed by atoms with Gasteiger partial charge in [-0.05, 0) is 64.3 Å². The lowest BCUT2D eigenvalue weighted by Crippen LogP contribution is -2.44. The molecule has 4 N–H and O–H groups in total. The Morgan fingerprint density at radius 2 is 1.72 bits per heavy atom. The maximum absolute atomic E-state index is 12.9. The van der Waals surface area contributed by atoms with Crippen LogP contribution in [0.15, 0.2) is 30.1 Å². The summed E-state index contributed by atoms with van der Waals surface area (Å²) in [6.45, 7) is 7.94. The van der Waals surface area contributed by atoms with Gasteiger partial charge in [0.2, 0.25) is 11.8 Å². The van der Waals surface area contributed by atoms with Crippen LogP contribution in [0.2, 0.25) is 5.02 Å². The summed E-state index contributed by atoms with van der Waals surface area (Å²) in [7, 11) is 0. The van der Waals surface area contributed by atoms with E-state index >= 15 is 0 Å². The zero-order valence-electron chi connectivity index (χ0n) is 26.5. The molecule has 1 saturated carbocycles. The highest BCUT2D eigenvalue weighted by molar-refractivity contribution is 6.32. The van der Waals surface area contributed by atoms with E-state index in [9.17, 15) is 22.8 Å². The number of aliphatic carboxylic acids is 1. The molecule has 0 radical (unpaired) electrons. The molecule has 0 bridgehead atoms. The van der Waals surface area contributed by atoms with Gasteiger partial charge in [0, 0.05) is 55.2 Å². The van der Waals surface area contributed by atoms with Crippen LogP contribution in [0.5, 0.6) is 5.75 Å². The fraction of sp³-hybridized carbons (Fsp3) is 0.531. The van der Waals surface area contributed by atoms with Crippen molar-refractivity contribution < 1.29 is 37.4 Å². The molecule has 1 saturated heterocycles. The highest BCUT2D eigenvalue weighted by atomic mass is 35.5. The molecule has 0 atom stereocenters. The van der Waals surface area contributed by atoms with Crippen molar-refractivity contribution in [2.75, 3.05) is 30.3 Å². The minimum Gasteiger partial charge on any atom is -0.489 e. The number of ether oxygens (including phenoxy) is 1. The van der Waals surface area contributed by atoms with E-state index in [4.69, 9.17) is 26.2 Å². The van der Waals surface area contributed by atoms with Crippen molar-refractivity contribution in [3.63, 3.8) is 0 Å². The molecule has 1 aromatic heterocycles. The normalized spacial score (nSPS) is 17.3. The van der Waals surface area contributed by atoms with Gasteiger partial charge < -0.3 is 30.7 Å². The molecule has 15 heteroatoms. The van der Waals surface area contributed by atoms with Gasteiger partial charge in [-0.3, -0.25) is 9.59 Å². The molecule has 47 heavy (non-hydrogen) atoms. The fourth-order valence-corrected chi connectivity index (χ4v) is 5.78. The van der Waals surface area contributed by atoms with Crippen LogP contribution >= 0.6 is 11.6 Å². The van der Waals surface area contributed by atoms with Crippen LogP contribution in [-0.2, 0) is 14.4 Å². The third kappa shape index (κ3) is 10.2. The Labute approximate surface area is 276 Å². The lowest BCUT2D eigenvalue weighted by Gasteiger charge is -2.33. The van der Waals surface area contributed by atoms with Crippen LogP contribution in [-0.4, -0.2) is 75.2 Å². The van der Waals surface area contributed by atoms with Gasteiger partial charge in [0.25, 0.3) is 0 Å². The van der Waals surface area contributed by atoms with Crippen molar-refractivity contribution in [2.24, 2.45) is 5.92 Å². The topological polar surface area (TPSA) is 146 Å². The number of carboxylic acid groups (broad SMARTS) is 1. The Kier molecular flexibility index (Phi) is 11.6. The quantitative estimate of drug-likeness (QED) is 0.281. The second-order valence-corrected chi connectivity index (χ2v) is 13.1. The SMILES string of the molecule is CC(C)(C)NC(=O)C1=Cc2c(ncnc2Nc2ccc(OC3CCN(C(=O)C4CCCC4)CC3)c(Cl)c2)NCC1.O=C(O)C(F)(F)F. The molecule has 256 valence electrons. The van der Waals surface area contributed by atoms with Crippen LogP contribution in [0.4, 0.5) is 30.5 Å². The molecule has 1 aromatic carbocycles. The van der Waals surface area contributed by atoms with E-state index in [2.05, 4.69) is 25.9 Å². The average molecular weight is 681 g/mol. The molecule has 0 unspecified atom stereocenters. The Bertz CT molecular complexity index is 1480. The van der Waals surface area contributed by atoms with E-state index in [0.717, 1.165) is 50.0 Å². The first-order valence-corrected chi connectivity index (χ1v) is 15.9. The number of rotatable bonds is 6. The number of amides is 2. The van der Waals surface area contributed by atoms with E-state index in [1.54, 1.807) is 0 Å². The summed E-state index contributed by atoms with van der Waals surface area (Å²) < 4.78 is 38.0. The third-order valence-corrected chi connectivity index (χ3v) is 8.15. The van der Waals surface area contributed by atoms with Crippen LogP contribution in [0, 0.1) is 5.92 Å². The van der Waals surface area contributed by atoms with E-state index in [1.165, 1.54) is 19.2 Å². The largest absolute Gasteiger partial charge is 0.490 e. The monoisotopic (exact) mass is 680 g/mol. The number of anilines is 3. The van der Waals surface area contributed by atoms with Gasteiger partial charge in [-0.15, -0.1) is 0 Å². The molecule has 5 rings (SSSR count). The van der Waals surface area contributed by atoms with Crippen LogP contribution in [0.25, 0.3) is 6.08 Å². The summed E-state index contributed by atoms with van der Waals surface area (Å²) in [6.07, 6.45) is 4.85. The maximum Gasteiger partial charge on any atom is 0.490 e. The van der Waals surface area contributed by atoms with Gasteiger partial charge in [-0.25, -0.2) is 14.8 Å². The summed E-state index contributed by atoms with van der Waals surface area (Å²) in [4.78, 5) is 45.4. The number of hydrogen-bond acceptors (Lipinski definition) is 8. The number of alkyl halides is 3. The van der Waals surface area contributed by atoms with Crippen molar-refractivity contribution in [3.05, 3.63) is 40.7 Å². The van der Waals surface area contributed by atoms with Crippen LogP contribution in [0.3, 0.4) is 0 Å². The van der Waals surface area contributed by atoms with Gasteiger partial charge in [0.05, 0.1) is 10.6 Å². The Morgan fingerprint density at radius 3 is 2.32 bits per heavy atom. The highest BCUT2D eigenvalue weighted by Crippen LogP contribution is 2.34. The molecule has 3 heterocycles. The van der Waals surface area contributed by atoms with Gasteiger partial charge in [-0.2, -0.15) is 13.2 Å². The molecule has 2 aromatic rings. The first-order valence-electron chi connectivity index (χ1n) is 15.5. The molecule has 11 nitrogen and oxygen atoms in total. The van der Waals surface area contributed by atoms with Crippen molar-refractivity contribution in [2.45, 2.75) is 83.5 Å². The van der Waals surface area contributed by atoms with E-state index < -0.39 is 12.1 Å². The second kappa shape index (κ2) is 15.2. The number of halogens is 4. The molecule has 0 spiro atoms. The highest BCUT2D eigenvalue weighted by Gasteiger charge is 2.38. The molecule has 2 amide bonds. The number of carbonyl (C=O) groups excluding carboxylic acids is 2. The number of aromatic nitrogens is 2. The van der Waals surface area contributed by atoms with E-state index in [-0.39, 0.29) is 23.5 Å². The summed E-state index contributed by atoms with van der Waals surface area (Å²) in [6, 6.07) is 5.57. The predicted molar refractivity (Wildman–Crippen MR) is 172 cm³/mol. The number of hydrogen-bond donors (Lipinski definition) is 4. The van der Waals surface area contributed by atoms with Gasteiger partial charge in [0.1, 0.15) is 29.8 Å². The number of carboxylic acids is 1. The van der Waals surface area contributed by atoms with Gasteiger partial charge in [-0.1, -0.05) is 24.4 Å². The first-order chi connectivity index (χ1) is 22.1. The minimum atomic E-state index is -5.08. The number of piperidine rings is 1. The summed E-state index contributed by atoms with van der Waals surface area (Å²) in [5, 5.41) is 17.3. The van der Waals surface area contributed by atoms with Gasteiger partial charge in [0.15, 0.2) is 0 Å². The number of fused-ring (bicyclic) bond motifs is 1. The Morgan fingerprint density at radius 1 is 1.06 bits per heavy atom. The van der Waals surface area contributed by atoms with Crippen molar-refractivity contribution in [1.29, 1.82) is 0 Å². The molecule has 1 aliphatic carbocycles. The lowest BCUT2D eigenvalue weighted by molar-refractivity contribution is -0.192. The third-order valence-electron chi connectivity index (χ3n) is 7.86. The number of nitrogens with zero attached hydrogens (tertiary/aromatic N) is 3. The van der Waals surface area contributed by atoms with E-state index in [1.807, 2.05) is 49.9 Å². The summed E-state index contributed by atoms with van der Waals surface area (Å²) in [5.74, 6) is -0.460. The Balaban J connectivity index is 0.000000644. The molecular formula is C32H40ClF3N6O5. The van der Waals surface area contributed by atoms with Crippen LogP contribution < -0.4 is 20.7 Å². The van der Waals surface area contributed by atoms with Crippen LogP contribution in [0.1, 0.15) is 71.3 Å². The van der Waals surface area contributed by atoms with Crippen molar-refractivity contribution >= 4 is 52.8 Å². The zero-order valence-corrected chi connectivity index (χ0v) is 27.3. The van der Waals surface area contributed by atoms with Crippen molar-refractivity contribution in [3.8, 4) is 5.75 Å². The molecular weight excluding hydrogens is 641 g/mol. The molecule has 3 aliphatic rings. The van der Waals surface area contributed by atoms with E-state index in [0.29, 0.717) is 46.9 Å². The standard InChI is InChI=1S/C30H39ClN6O3.C2HF3O2/c1-30(2,3)36-28(38)20-10-13-32-26-23(16-20)27(34-18-33-26)35-21-8-9-25(24(31)17-21)40-22-11-14-37(15-12-22)29(39)19-6-4-5-7-19;3-2(4,5)1(6)7/h8-9,16-19,22H,4-7,10-15H2,1-3H3,(H,36,38)(H2,32,33,34,35);(H,6,7). The molecule has 2 fully saturated rings. The Hall–Kier alpha value is -4.07. The number of likely N-dealkylation sites (tertiary alicyclic amines) is 1. The minimum absolute atomic E-state index is 0.0236. The number of nitrogens with one attached hydrogen (secondary N) is 3. The lowest BCUT2D eigenvalue weighted by atomic mass is 10.0. The maximum atomic E-state index is 12.9. The second-order valence-electron chi connectivity index (χ2n) is 12.7. The average Bonchev–Trinajstić information content (AvgIpc) is 3.44.